The van der Waals surface area contributed by atoms with E-state index in [4.69, 9.17) is 4.74 Å². The SMILES string of the molecule is O=C(Nc1cccc(OCc2cccnc2)c1)C1CCN(C(=O)c2ccc(C(F)(F)F)cc2)CC1. The number of ether oxygens (including phenoxy) is 1. The van der Waals surface area contributed by atoms with Gasteiger partial charge in [-0.1, -0.05) is 12.1 Å². The van der Waals surface area contributed by atoms with E-state index in [-0.39, 0.29) is 23.3 Å². The number of halogens is 3. The molecular formula is C26H24F3N3O3. The predicted molar refractivity (Wildman–Crippen MR) is 124 cm³/mol. The highest BCUT2D eigenvalue weighted by Crippen LogP contribution is 2.29. The summed E-state index contributed by atoms with van der Waals surface area (Å²) in [5.74, 6) is -0.137. The Morgan fingerprint density at radius 1 is 1.03 bits per heavy atom. The first-order chi connectivity index (χ1) is 16.8. The second kappa shape index (κ2) is 10.6. The monoisotopic (exact) mass is 483 g/mol. The molecule has 4 rings (SSSR count). The maximum absolute atomic E-state index is 12.8. The van der Waals surface area contributed by atoms with Gasteiger partial charge in [-0.05, 0) is 55.3 Å². The van der Waals surface area contributed by atoms with Gasteiger partial charge in [-0.2, -0.15) is 13.2 Å². The molecule has 0 saturated carbocycles. The van der Waals surface area contributed by atoms with Crippen LogP contribution < -0.4 is 10.1 Å². The van der Waals surface area contributed by atoms with Crippen LogP contribution in [0, 0.1) is 5.92 Å². The summed E-state index contributed by atoms with van der Waals surface area (Å²) < 4.78 is 44.0. The van der Waals surface area contributed by atoms with Gasteiger partial charge < -0.3 is 15.0 Å². The third kappa shape index (κ3) is 6.38. The molecule has 1 fully saturated rings. The van der Waals surface area contributed by atoms with E-state index in [0.29, 0.717) is 44.0 Å². The van der Waals surface area contributed by atoms with Gasteiger partial charge in [0.2, 0.25) is 5.91 Å². The van der Waals surface area contributed by atoms with E-state index in [0.717, 1.165) is 17.7 Å². The van der Waals surface area contributed by atoms with Crippen LogP contribution in [0.3, 0.4) is 0 Å². The number of hydrogen-bond donors (Lipinski definition) is 1. The highest BCUT2D eigenvalue weighted by Gasteiger charge is 2.31. The Morgan fingerprint density at radius 2 is 1.77 bits per heavy atom. The van der Waals surface area contributed by atoms with Crippen molar-refractivity contribution in [2.24, 2.45) is 5.92 Å². The third-order valence-corrected chi connectivity index (χ3v) is 5.84. The van der Waals surface area contributed by atoms with Crippen molar-refractivity contribution in [1.82, 2.24) is 9.88 Å². The molecule has 0 unspecified atom stereocenters. The van der Waals surface area contributed by atoms with E-state index in [1.165, 1.54) is 12.1 Å². The molecule has 1 saturated heterocycles. The molecule has 6 nitrogen and oxygen atoms in total. The summed E-state index contributed by atoms with van der Waals surface area (Å²) in [6, 6.07) is 15.0. The number of alkyl halides is 3. The van der Waals surface area contributed by atoms with Crippen molar-refractivity contribution in [2.75, 3.05) is 18.4 Å². The number of anilines is 1. The van der Waals surface area contributed by atoms with E-state index >= 15 is 0 Å². The van der Waals surface area contributed by atoms with Crippen LogP contribution in [0.5, 0.6) is 5.75 Å². The van der Waals surface area contributed by atoms with Crippen LogP contribution in [-0.2, 0) is 17.6 Å². The molecular weight excluding hydrogens is 459 g/mol. The minimum Gasteiger partial charge on any atom is -0.489 e. The zero-order valence-electron chi connectivity index (χ0n) is 18.8. The summed E-state index contributed by atoms with van der Waals surface area (Å²) in [4.78, 5) is 31.0. The lowest BCUT2D eigenvalue weighted by Crippen LogP contribution is -2.41. The van der Waals surface area contributed by atoms with Crippen LogP contribution in [0.2, 0.25) is 0 Å². The van der Waals surface area contributed by atoms with Crippen molar-refractivity contribution < 1.29 is 27.5 Å². The van der Waals surface area contributed by atoms with Crippen molar-refractivity contribution in [1.29, 1.82) is 0 Å². The summed E-state index contributed by atoms with van der Waals surface area (Å²) in [5.41, 5.74) is 0.946. The van der Waals surface area contributed by atoms with Gasteiger partial charge in [0.05, 0.1) is 5.56 Å². The predicted octanol–water partition coefficient (Wildman–Crippen LogP) is 5.17. The minimum atomic E-state index is -4.45. The number of benzene rings is 2. The first-order valence-electron chi connectivity index (χ1n) is 11.2. The first-order valence-corrected chi connectivity index (χ1v) is 11.2. The molecule has 182 valence electrons. The van der Waals surface area contributed by atoms with Crippen molar-refractivity contribution in [3.05, 3.63) is 89.7 Å². The van der Waals surface area contributed by atoms with Crippen LogP contribution in [0.25, 0.3) is 0 Å². The maximum atomic E-state index is 12.8. The fourth-order valence-electron chi connectivity index (χ4n) is 3.89. The number of pyridine rings is 1. The smallest absolute Gasteiger partial charge is 0.416 e. The minimum absolute atomic E-state index is 0.143. The largest absolute Gasteiger partial charge is 0.489 e. The molecule has 0 bridgehead atoms. The Morgan fingerprint density at radius 3 is 2.43 bits per heavy atom. The van der Waals surface area contributed by atoms with Gasteiger partial charge in [-0.15, -0.1) is 0 Å². The topological polar surface area (TPSA) is 71.5 Å². The number of nitrogens with zero attached hydrogens (tertiary/aromatic N) is 2. The van der Waals surface area contributed by atoms with Crippen LogP contribution >= 0.6 is 0 Å². The maximum Gasteiger partial charge on any atom is 0.416 e. The summed E-state index contributed by atoms with van der Waals surface area (Å²) in [7, 11) is 0. The Hall–Kier alpha value is -3.88. The number of aromatic nitrogens is 1. The number of rotatable bonds is 6. The number of nitrogens with one attached hydrogen (secondary N) is 1. The number of carbonyl (C=O) groups is 2. The Labute approximate surface area is 200 Å². The summed E-state index contributed by atoms with van der Waals surface area (Å²) in [6.07, 6.45) is -0.0990. The van der Waals surface area contributed by atoms with Crippen molar-refractivity contribution in [3.8, 4) is 5.75 Å². The van der Waals surface area contributed by atoms with Gasteiger partial charge in [-0.3, -0.25) is 14.6 Å². The van der Waals surface area contributed by atoms with Gasteiger partial charge in [-0.25, -0.2) is 0 Å². The van der Waals surface area contributed by atoms with Gasteiger partial charge in [0.15, 0.2) is 0 Å². The lowest BCUT2D eigenvalue weighted by atomic mass is 9.95. The molecule has 35 heavy (non-hydrogen) atoms. The number of hydrogen-bond acceptors (Lipinski definition) is 4. The average Bonchev–Trinajstić information content (AvgIpc) is 2.87. The Kier molecular flexibility index (Phi) is 7.33. The van der Waals surface area contributed by atoms with Gasteiger partial charge in [0, 0.05) is 54.3 Å². The zero-order valence-corrected chi connectivity index (χ0v) is 18.8. The van der Waals surface area contributed by atoms with Crippen molar-refractivity contribution >= 4 is 17.5 Å². The van der Waals surface area contributed by atoms with Crippen LogP contribution in [0.4, 0.5) is 18.9 Å². The number of piperidine rings is 1. The molecule has 0 spiro atoms. The molecule has 1 aliphatic rings. The molecule has 0 aliphatic carbocycles. The molecule has 3 aromatic rings. The first kappa shape index (κ1) is 24.3. The second-order valence-corrected chi connectivity index (χ2v) is 8.31. The molecule has 0 atom stereocenters. The van der Waals surface area contributed by atoms with E-state index in [1.807, 2.05) is 12.1 Å². The highest BCUT2D eigenvalue weighted by molar-refractivity contribution is 5.95. The van der Waals surface area contributed by atoms with Crippen molar-refractivity contribution in [3.63, 3.8) is 0 Å². The molecule has 1 aliphatic heterocycles. The quantitative estimate of drug-likeness (QED) is 0.525. The van der Waals surface area contributed by atoms with Crippen LogP contribution in [0.15, 0.2) is 73.1 Å². The Balaban J connectivity index is 1.28. The van der Waals surface area contributed by atoms with E-state index in [2.05, 4.69) is 10.3 Å². The molecule has 1 N–H and O–H groups in total. The fraction of sp³-hybridized carbons (Fsp3) is 0.269. The zero-order chi connectivity index (χ0) is 24.8. The highest BCUT2D eigenvalue weighted by atomic mass is 19.4. The van der Waals surface area contributed by atoms with Crippen LogP contribution in [0.1, 0.15) is 34.3 Å². The fourth-order valence-corrected chi connectivity index (χ4v) is 3.89. The van der Waals surface area contributed by atoms with E-state index < -0.39 is 11.7 Å². The van der Waals surface area contributed by atoms with Gasteiger partial charge >= 0.3 is 6.18 Å². The molecule has 9 heteroatoms. The molecule has 1 aromatic heterocycles. The van der Waals surface area contributed by atoms with Crippen molar-refractivity contribution in [2.45, 2.75) is 25.6 Å². The normalized spacial score (nSPS) is 14.4. The second-order valence-electron chi connectivity index (χ2n) is 8.31. The summed E-state index contributed by atoms with van der Waals surface area (Å²) in [5, 5.41) is 2.91. The standard InChI is InChI=1S/C26H24F3N3O3/c27-26(28,29)21-8-6-20(7-9-21)25(34)32-13-10-19(11-14-32)24(33)31-22-4-1-5-23(15-22)35-17-18-3-2-12-30-16-18/h1-9,12,15-16,19H,10-11,13-14,17H2,(H,31,33). The molecule has 2 heterocycles. The summed E-state index contributed by atoms with van der Waals surface area (Å²) in [6.45, 7) is 1.06. The average molecular weight is 483 g/mol. The molecule has 2 amide bonds. The molecule has 2 aromatic carbocycles. The number of amides is 2. The van der Waals surface area contributed by atoms with E-state index in [9.17, 15) is 22.8 Å². The summed E-state index contributed by atoms with van der Waals surface area (Å²) >= 11 is 0. The lowest BCUT2D eigenvalue weighted by Gasteiger charge is -2.31. The Bertz CT molecular complexity index is 1160. The van der Waals surface area contributed by atoms with Gasteiger partial charge in [0.25, 0.3) is 5.91 Å². The third-order valence-electron chi connectivity index (χ3n) is 5.84. The lowest BCUT2D eigenvalue weighted by molar-refractivity contribution is -0.137. The van der Waals surface area contributed by atoms with E-state index in [1.54, 1.807) is 41.6 Å². The van der Waals surface area contributed by atoms with Crippen LogP contribution in [-0.4, -0.2) is 34.8 Å². The number of likely N-dealkylation sites (tertiary alicyclic amines) is 1. The van der Waals surface area contributed by atoms with Gasteiger partial charge in [0.1, 0.15) is 12.4 Å². The molecule has 0 radical (unpaired) electrons. The number of carbonyl (C=O) groups excluding carboxylic acids is 2.